The lowest BCUT2D eigenvalue weighted by molar-refractivity contribution is 0.0767. The average Bonchev–Trinajstić information content (AvgIpc) is 2.97. The Bertz CT molecular complexity index is 606. The van der Waals surface area contributed by atoms with Gasteiger partial charge in [0.1, 0.15) is 5.82 Å². The van der Waals surface area contributed by atoms with Crippen LogP contribution in [-0.4, -0.2) is 40.4 Å². The third kappa shape index (κ3) is 2.56. The summed E-state index contributed by atoms with van der Waals surface area (Å²) in [7, 11) is 0. The van der Waals surface area contributed by atoms with Gasteiger partial charge in [0.2, 0.25) is 0 Å². The predicted molar refractivity (Wildman–Crippen MR) is 75.1 cm³/mol. The molecule has 0 unspecified atom stereocenters. The van der Waals surface area contributed by atoms with E-state index in [-0.39, 0.29) is 11.7 Å². The molecule has 20 heavy (non-hydrogen) atoms. The normalized spacial score (nSPS) is 15.3. The number of rotatable bonds is 2. The van der Waals surface area contributed by atoms with Crippen LogP contribution >= 0.6 is 11.8 Å². The Morgan fingerprint density at radius 3 is 2.65 bits per heavy atom. The third-order valence-corrected chi connectivity index (χ3v) is 4.12. The predicted octanol–water partition coefficient (Wildman–Crippen LogP) is 2.67. The number of nitrogens with zero attached hydrogens (tertiary/aromatic N) is 2. The minimum atomic E-state index is -0.325. The molecule has 1 aromatic carbocycles. The molecule has 0 spiro atoms. The van der Waals surface area contributed by atoms with Crippen LogP contribution in [0.5, 0.6) is 0 Å². The average molecular weight is 292 g/mol. The van der Waals surface area contributed by atoms with Gasteiger partial charge in [0.05, 0.1) is 0 Å². The summed E-state index contributed by atoms with van der Waals surface area (Å²) >= 11 is 1.84. The second-order valence-corrected chi connectivity index (χ2v) is 5.67. The fourth-order valence-corrected chi connectivity index (χ4v) is 3.02. The van der Waals surface area contributed by atoms with Crippen molar-refractivity contribution < 1.29 is 13.6 Å². The molecule has 0 atom stereocenters. The first-order valence-electron chi connectivity index (χ1n) is 6.32. The summed E-state index contributed by atoms with van der Waals surface area (Å²) in [6, 6.07) is 5.84. The highest BCUT2D eigenvalue weighted by molar-refractivity contribution is 7.99. The van der Waals surface area contributed by atoms with Gasteiger partial charge in [-0.25, -0.2) is 9.37 Å². The van der Waals surface area contributed by atoms with Crippen molar-refractivity contribution in [2.75, 3.05) is 24.6 Å². The standard InChI is InChI=1S/C14H13FN2O2S/c15-11-3-1-10(2-4-11)13-12(16-9-19-13)14(18)17-5-7-20-8-6-17/h1-4,9H,5-8H2. The van der Waals surface area contributed by atoms with E-state index in [2.05, 4.69) is 4.98 Å². The zero-order valence-corrected chi connectivity index (χ0v) is 11.5. The number of hydrogen-bond donors (Lipinski definition) is 0. The van der Waals surface area contributed by atoms with Crippen molar-refractivity contribution in [2.45, 2.75) is 0 Å². The summed E-state index contributed by atoms with van der Waals surface area (Å²) in [4.78, 5) is 18.3. The molecule has 2 aromatic rings. The molecule has 4 nitrogen and oxygen atoms in total. The maximum absolute atomic E-state index is 13.0. The Balaban J connectivity index is 1.89. The second kappa shape index (κ2) is 5.66. The van der Waals surface area contributed by atoms with Crippen LogP contribution in [0.3, 0.4) is 0 Å². The Morgan fingerprint density at radius 1 is 1.25 bits per heavy atom. The number of hydrogen-bond acceptors (Lipinski definition) is 4. The Hall–Kier alpha value is -1.82. The molecule has 0 aliphatic carbocycles. The lowest BCUT2D eigenvalue weighted by atomic mass is 10.1. The monoisotopic (exact) mass is 292 g/mol. The number of oxazole rings is 1. The molecule has 2 heterocycles. The van der Waals surface area contributed by atoms with Crippen molar-refractivity contribution in [2.24, 2.45) is 0 Å². The molecule has 0 radical (unpaired) electrons. The van der Waals surface area contributed by atoms with Crippen LogP contribution in [-0.2, 0) is 0 Å². The van der Waals surface area contributed by atoms with E-state index in [0.717, 1.165) is 24.6 Å². The smallest absolute Gasteiger partial charge is 0.276 e. The SMILES string of the molecule is O=C(c1ncoc1-c1ccc(F)cc1)N1CCSCC1. The van der Waals surface area contributed by atoms with E-state index in [9.17, 15) is 9.18 Å². The first-order chi connectivity index (χ1) is 9.75. The number of aromatic nitrogens is 1. The summed E-state index contributed by atoms with van der Waals surface area (Å²) in [6.45, 7) is 1.44. The number of carbonyl (C=O) groups excluding carboxylic acids is 1. The zero-order chi connectivity index (χ0) is 13.9. The van der Waals surface area contributed by atoms with Crippen LogP contribution in [0, 0.1) is 5.82 Å². The van der Waals surface area contributed by atoms with Crippen molar-refractivity contribution in [3.63, 3.8) is 0 Å². The van der Waals surface area contributed by atoms with Crippen LogP contribution in [0.15, 0.2) is 35.1 Å². The first-order valence-corrected chi connectivity index (χ1v) is 7.47. The molecule has 0 N–H and O–H groups in total. The van der Waals surface area contributed by atoms with E-state index in [1.165, 1.54) is 18.5 Å². The highest BCUT2D eigenvalue weighted by atomic mass is 32.2. The zero-order valence-electron chi connectivity index (χ0n) is 10.7. The van der Waals surface area contributed by atoms with Crippen molar-refractivity contribution >= 4 is 17.7 Å². The van der Waals surface area contributed by atoms with Gasteiger partial charge in [-0.3, -0.25) is 4.79 Å². The van der Waals surface area contributed by atoms with Gasteiger partial charge in [-0.15, -0.1) is 0 Å². The summed E-state index contributed by atoms with van der Waals surface area (Å²) in [6.07, 6.45) is 1.25. The molecule has 0 bridgehead atoms. The molecular formula is C14H13FN2O2S. The minimum absolute atomic E-state index is 0.127. The van der Waals surface area contributed by atoms with Crippen LogP contribution in [0.25, 0.3) is 11.3 Å². The molecular weight excluding hydrogens is 279 g/mol. The molecule has 6 heteroatoms. The van der Waals surface area contributed by atoms with E-state index in [1.807, 2.05) is 11.8 Å². The maximum atomic E-state index is 13.0. The summed E-state index contributed by atoms with van der Waals surface area (Å²) in [5.41, 5.74) is 0.946. The molecule has 1 saturated heterocycles. The number of benzene rings is 1. The number of carbonyl (C=O) groups is 1. The lowest BCUT2D eigenvalue weighted by Crippen LogP contribution is -2.38. The first kappa shape index (κ1) is 13.2. The highest BCUT2D eigenvalue weighted by Gasteiger charge is 2.24. The van der Waals surface area contributed by atoms with E-state index in [1.54, 1.807) is 17.0 Å². The van der Waals surface area contributed by atoms with Gasteiger partial charge >= 0.3 is 0 Å². The van der Waals surface area contributed by atoms with E-state index >= 15 is 0 Å². The molecule has 104 valence electrons. The van der Waals surface area contributed by atoms with Crippen LogP contribution in [0.2, 0.25) is 0 Å². The van der Waals surface area contributed by atoms with E-state index in [4.69, 9.17) is 4.42 Å². The molecule has 1 aliphatic heterocycles. The second-order valence-electron chi connectivity index (χ2n) is 4.44. The maximum Gasteiger partial charge on any atom is 0.276 e. The van der Waals surface area contributed by atoms with Crippen LogP contribution in [0.4, 0.5) is 4.39 Å². The number of thioether (sulfide) groups is 1. The van der Waals surface area contributed by atoms with Crippen molar-refractivity contribution in [3.8, 4) is 11.3 Å². The molecule has 1 amide bonds. The molecule has 1 fully saturated rings. The lowest BCUT2D eigenvalue weighted by Gasteiger charge is -2.25. The summed E-state index contributed by atoms with van der Waals surface area (Å²) < 4.78 is 18.3. The largest absolute Gasteiger partial charge is 0.443 e. The van der Waals surface area contributed by atoms with Gasteiger partial charge in [-0.05, 0) is 24.3 Å². The highest BCUT2D eigenvalue weighted by Crippen LogP contribution is 2.25. The van der Waals surface area contributed by atoms with Gasteiger partial charge in [-0.1, -0.05) is 0 Å². The topological polar surface area (TPSA) is 46.3 Å². The minimum Gasteiger partial charge on any atom is -0.443 e. The Kier molecular flexibility index (Phi) is 3.73. The Labute approximate surface area is 120 Å². The van der Waals surface area contributed by atoms with Crippen LogP contribution in [0.1, 0.15) is 10.5 Å². The molecule has 3 rings (SSSR count). The fraction of sp³-hybridized carbons (Fsp3) is 0.286. The van der Waals surface area contributed by atoms with Crippen molar-refractivity contribution in [1.29, 1.82) is 0 Å². The van der Waals surface area contributed by atoms with Gasteiger partial charge in [0.15, 0.2) is 17.8 Å². The molecule has 0 saturated carbocycles. The van der Waals surface area contributed by atoms with Gasteiger partial charge in [-0.2, -0.15) is 11.8 Å². The molecule has 1 aliphatic rings. The number of amides is 1. The summed E-state index contributed by atoms with van der Waals surface area (Å²) in [5.74, 6) is 1.83. The third-order valence-electron chi connectivity index (χ3n) is 3.17. The van der Waals surface area contributed by atoms with E-state index < -0.39 is 0 Å². The van der Waals surface area contributed by atoms with Crippen LogP contribution < -0.4 is 0 Å². The summed E-state index contributed by atoms with van der Waals surface area (Å²) in [5, 5.41) is 0. The van der Waals surface area contributed by atoms with Gasteiger partial charge in [0.25, 0.3) is 5.91 Å². The van der Waals surface area contributed by atoms with Gasteiger partial charge < -0.3 is 9.32 Å². The number of halogens is 1. The fourth-order valence-electron chi connectivity index (χ4n) is 2.12. The van der Waals surface area contributed by atoms with E-state index in [0.29, 0.717) is 17.0 Å². The van der Waals surface area contributed by atoms with Crippen molar-refractivity contribution in [3.05, 3.63) is 42.2 Å². The molecule has 1 aromatic heterocycles. The Morgan fingerprint density at radius 2 is 1.95 bits per heavy atom. The quantitative estimate of drug-likeness (QED) is 0.853. The van der Waals surface area contributed by atoms with Crippen molar-refractivity contribution in [1.82, 2.24) is 9.88 Å². The van der Waals surface area contributed by atoms with Gasteiger partial charge in [0, 0.05) is 30.2 Å².